The number of carbonyl (C=O) groups is 1. The minimum Gasteiger partial charge on any atom is -0.342 e. The second-order valence-electron chi connectivity index (χ2n) is 7.89. The van der Waals surface area contributed by atoms with Gasteiger partial charge in [-0.25, -0.2) is 0 Å². The van der Waals surface area contributed by atoms with Crippen LogP contribution in [0, 0.1) is 0 Å². The highest BCUT2D eigenvalue weighted by molar-refractivity contribution is 9.10. The molecule has 0 fully saturated rings. The maximum atomic E-state index is 12.4. The van der Waals surface area contributed by atoms with Crippen LogP contribution in [-0.2, 0) is 4.79 Å². The van der Waals surface area contributed by atoms with Gasteiger partial charge in [-0.3, -0.25) is 4.79 Å². The molecule has 0 heterocycles. The fourth-order valence-corrected chi connectivity index (χ4v) is 3.75. The Bertz CT molecular complexity index is 287. The Kier molecular flexibility index (Phi) is 19.7. The number of alkyl halides is 1. The van der Waals surface area contributed by atoms with Crippen molar-refractivity contribution in [1.82, 2.24) is 4.90 Å². The summed E-state index contributed by atoms with van der Waals surface area (Å²) >= 11 is 3.46. The van der Waals surface area contributed by atoms with Gasteiger partial charge in [0, 0.05) is 13.1 Å². The zero-order chi connectivity index (χ0) is 19.5. The predicted octanol–water partition coefficient (Wildman–Crippen LogP) is 7.88. The van der Waals surface area contributed by atoms with E-state index >= 15 is 0 Å². The van der Waals surface area contributed by atoms with Gasteiger partial charge in [0.15, 0.2) is 0 Å². The number of halogens is 1. The van der Waals surface area contributed by atoms with Gasteiger partial charge < -0.3 is 4.90 Å². The maximum Gasteiger partial charge on any atom is 0.236 e. The molecule has 0 saturated carbocycles. The number of hydrogen-bond acceptors (Lipinski definition) is 1. The number of rotatable bonds is 19. The summed E-state index contributed by atoms with van der Waals surface area (Å²) in [6.45, 7) is 8.38. The molecule has 1 amide bonds. The smallest absolute Gasteiger partial charge is 0.236 e. The molecule has 0 N–H and O–H groups in total. The Morgan fingerprint density at radius 1 is 0.654 bits per heavy atom. The van der Waals surface area contributed by atoms with Crippen LogP contribution < -0.4 is 0 Å². The molecule has 1 atom stereocenters. The van der Waals surface area contributed by atoms with Crippen LogP contribution in [0.4, 0.5) is 0 Å². The van der Waals surface area contributed by atoms with E-state index in [4.69, 9.17) is 0 Å². The van der Waals surface area contributed by atoms with E-state index < -0.39 is 0 Å². The maximum absolute atomic E-state index is 12.4. The van der Waals surface area contributed by atoms with Crippen molar-refractivity contribution < 1.29 is 4.79 Å². The first kappa shape index (κ1) is 26.0. The summed E-state index contributed by atoms with van der Waals surface area (Å²) in [6, 6.07) is 0. The second-order valence-corrected chi connectivity index (χ2v) is 9.26. The summed E-state index contributed by atoms with van der Waals surface area (Å²) in [7, 11) is 0. The molecule has 0 aromatic carbocycles. The highest BCUT2D eigenvalue weighted by Crippen LogP contribution is 2.13. The van der Waals surface area contributed by atoms with Crippen LogP contribution in [-0.4, -0.2) is 28.7 Å². The third kappa shape index (κ3) is 16.1. The van der Waals surface area contributed by atoms with E-state index in [0.717, 1.165) is 25.9 Å². The van der Waals surface area contributed by atoms with E-state index in [9.17, 15) is 4.79 Å². The lowest BCUT2D eigenvalue weighted by molar-refractivity contribution is -0.130. The average molecular weight is 433 g/mol. The molecule has 0 aromatic heterocycles. The quantitative estimate of drug-likeness (QED) is 0.150. The molecule has 0 saturated heterocycles. The lowest BCUT2D eigenvalue weighted by Gasteiger charge is -2.24. The van der Waals surface area contributed by atoms with Crippen molar-refractivity contribution in [2.45, 2.75) is 128 Å². The molecule has 156 valence electrons. The summed E-state index contributed by atoms with van der Waals surface area (Å²) in [6.07, 6.45) is 21.2. The Hall–Kier alpha value is -0.0500. The molecule has 0 aliphatic heterocycles. The van der Waals surface area contributed by atoms with Gasteiger partial charge in [0.25, 0.3) is 0 Å². The third-order valence-electron chi connectivity index (χ3n) is 5.22. The van der Waals surface area contributed by atoms with E-state index in [1.807, 2.05) is 6.92 Å². The fourth-order valence-electron chi connectivity index (χ4n) is 3.46. The van der Waals surface area contributed by atoms with Crippen LogP contribution in [0.25, 0.3) is 0 Å². The zero-order valence-electron chi connectivity index (χ0n) is 18.0. The third-order valence-corrected chi connectivity index (χ3v) is 5.61. The Labute approximate surface area is 173 Å². The van der Waals surface area contributed by atoms with Gasteiger partial charge in [0.2, 0.25) is 5.91 Å². The summed E-state index contributed by atoms with van der Waals surface area (Å²) in [5, 5.41) is 0. The molecule has 0 aliphatic rings. The highest BCUT2D eigenvalue weighted by atomic mass is 79.9. The monoisotopic (exact) mass is 431 g/mol. The summed E-state index contributed by atoms with van der Waals surface area (Å²) < 4.78 is 0. The van der Waals surface area contributed by atoms with Crippen molar-refractivity contribution in [3.05, 3.63) is 0 Å². The first-order valence-corrected chi connectivity index (χ1v) is 12.5. The average Bonchev–Trinajstić information content (AvgIpc) is 2.63. The van der Waals surface area contributed by atoms with Crippen LogP contribution in [0.2, 0.25) is 0 Å². The minimum atomic E-state index is -0.0504. The van der Waals surface area contributed by atoms with Gasteiger partial charge in [-0.15, -0.1) is 0 Å². The molecule has 1 unspecified atom stereocenters. The van der Waals surface area contributed by atoms with Crippen molar-refractivity contribution in [3.63, 3.8) is 0 Å². The number of amides is 1. The van der Waals surface area contributed by atoms with Gasteiger partial charge in [0.05, 0.1) is 4.83 Å². The van der Waals surface area contributed by atoms with E-state index in [1.165, 1.54) is 89.9 Å². The van der Waals surface area contributed by atoms with Gasteiger partial charge in [-0.1, -0.05) is 120 Å². The van der Waals surface area contributed by atoms with E-state index in [2.05, 4.69) is 34.7 Å². The Morgan fingerprint density at radius 2 is 0.962 bits per heavy atom. The van der Waals surface area contributed by atoms with Crippen molar-refractivity contribution in [2.75, 3.05) is 13.1 Å². The van der Waals surface area contributed by atoms with E-state index in [1.54, 1.807) is 0 Å². The molecule has 0 aromatic rings. The minimum absolute atomic E-state index is 0.0504. The Morgan fingerprint density at radius 3 is 1.27 bits per heavy atom. The molecular weight excluding hydrogens is 386 g/mol. The van der Waals surface area contributed by atoms with E-state index in [-0.39, 0.29) is 10.7 Å². The van der Waals surface area contributed by atoms with Crippen molar-refractivity contribution >= 4 is 21.8 Å². The van der Waals surface area contributed by atoms with Crippen LogP contribution in [0.15, 0.2) is 0 Å². The molecule has 26 heavy (non-hydrogen) atoms. The van der Waals surface area contributed by atoms with Crippen molar-refractivity contribution in [1.29, 1.82) is 0 Å². The first-order chi connectivity index (χ1) is 12.6. The summed E-state index contributed by atoms with van der Waals surface area (Å²) in [4.78, 5) is 14.5. The summed E-state index contributed by atoms with van der Waals surface area (Å²) in [5.74, 6) is 0.274. The molecule has 0 bridgehead atoms. The van der Waals surface area contributed by atoms with Crippen LogP contribution >= 0.6 is 15.9 Å². The largest absolute Gasteiger partial charge is 0.342 e. The number of nitrogens with zero attached hydrogens (tertiary/aromatic N) is 1. The van der Waals surface area contributed by atoms with Crippen LogP contribution in [0.3, 0.4) is 0 Å². The Balaban J connectivity index is 3.80. The molecule has 0 radical (unpaired) electrons. The molecule has 3 heteroatoms. The number of carbonyl (C=O) groups excluding carboxylic acids is 1. The van der Waals surface area contributed by atoms with Crippen molar-refractivity contribution in [2.24, 2.45) is 0 Å². The van der Waals surface area contributed by atoms with Crippen LogP contribution in [0.1, 0.15) is 124 Å². The van der Waals surface area contributed by atoms with Gasteiger partial charge in [-0.2, -0.15) is 0 Å². The normalized spacial score (nSPS) is 12.3. The molecular formula is C23H46BrNO. The predicted molar refractivity (Wildman–Crippen MR) is 120 cm³/mol. The highest BCUT2D eigenvalue weighted by Gasteiger charge is 2.17. The number of hydrogen-bond donors (Lipinski definition) is 0. The van der Waals surface area contributed by atoms with Gasteiger partial charge in [0.1, 0.15) is 0 Å². The molecule has 0 rings (SSSR count). The summed E-state index contributed by atoms with van der Waals surface area (Å²) in [5.41, 5.74) is 0. The topological polar surface area (TPSA) is 20.3 Å². The lowest BCUT2D eigenvalue weighted by atomic mass is 10.1. The molecule has 2 nitrogen and oxygen atoms in total. The van der Waals surface area contributed by atoms with Crippen molar-refractivity contribution in [3.8, 4) is 0 Å². The molecule has 0 spiro atoms. The van der Waals surface area contributed by atoms with Gasteiger partial charge >= 0.3 is 0 Å². The van der Waals surface area contributed by atoms with Crippen LogP contribution in [0.5, 0.6) is 0 Å². The molecule has 0 aliphatic carbocycles. The standard InChI is InChI=1S/C23H46BrNO/c1-4-6-8-10-12-14-16-18-20-25(23(26)22(3)24)21-19-17-15-13-11-9-7-5-2/h22H,4-21H2,1-3H3. The lowest BCUT2D eigenvalue weighted by Crippen LogP contribution is -2.37. The second kappa shape index (κ2) is 19.7. The number of unbranched alkanes of at least 4 members (excludes halogenated alkanes) is 14. The van der Waals surface area contributed by atoms with E-state index in [0.29, 0.717) is 0 Å². The fraction of sp³-hybridized carbons (Fsp3) is 0.957. The van der Waals surface area contributed by atoms with Gasteiger partial charge in [-0.05, 0) is 19.8 Å². The zero-order valence-corrected chi connectivity index (χ0v) is 19.6. The first-order valence-electron chi connectivity index (χ1n) is 11.6. The SMILES string of the molecule is CCCCCCCCCCN(CCCCCCCCCC)C(=O)C(C)Br.